The SMILES string of the molecule is COc1ncc(F)cc1C(=O)Nc1cccc(-c2nnc3n2[C@H](C(F)(F)F)CC3)n1. The molecule has 0 fully saturated rings. The van der Waals surface area contributed by atoms with Crippen LogP contribution in [-0.4, -0.2) is 43.9 Å². The monoisotopic (exact) mass is 422 g/mol. The van der Waals surface area contributed by atoms with Crippen LogP contribution in [0.5, 0.6) is 5.88 Å². The second-order valence-corrected chi connectivity index (χ2v) is 6.48. The predicted molar refractivity (Wildman–Crippen MR) is 95.4 cm³/mol. The number of aromatic nitrogens is 5. The molecular formula is C18H14F4N6O2. The molecule has 1 amide bonds. The van der Waals surface area contributed by atoms with Gasteiger partial charge in [0, 0.05) is 6.42 Å². The van der Waals surface area contributed by atoms with E-state index in [1.807, 2.05) is 0 Å². The Hall–Kier alpha value is -3.57. The van der Waals surface area contributed by atoms with Crippen LogP contribution in [-0.2, 0) is 6.42 Å². The van der Waals surface area contributed by atoms with Gasteiger partial charge in [-0.05, 0) is 24.6 Å². The van der Waals surface area contributed by atoms with Crippen LogP contribution in [0.15, 0.2) is 30.5 Å². The molecule has 0 aromatic carbocycles. The van der Waals surface area contributed by atoms with Gasteiger partial charge >= 0.3 is 6.18 Å². The molecule has 3 aromatic heterocycles. The molecule has 4 rings (SSSR count). The summed E-state index contributed by atoms with van der Waals surface area (Å²) in [6, 6.07) is 3.61. The summed E-state index contributed by atoms with van der Waals surface area (Å²) in [6.07, 6.45) is -3.52. The number of fused-ring (bicyclic) bond motifs is 1. The molecule has 0 radical (unpaired) electrons. The molecule has 4 heterocycles. The topological polar surface area (TPSA) is 94.8 Å². The van der Waals surface area contributed by atoms with Gasteiger partial charge in [0.2, 0.25) is 5.88 Å². The van der Waals surface area contributed by atoms with Crippen LogP contribution in [0.3, 0.4) is 0 Å². The number of anilines is 1. The number of halogens is 4. The summed E-state index contributed by atoms with van der Waals surface area (Å²) in [6.45, 7) is 0. The molecule has 1 aliphatic heterocycles. The first-order valence-corrected chi connectivity index (χ1v) is 8.76. The number of rotatable bonds is 4. The molecule has 0 unspecified atom stereocenters. The maximum Gasteiger partial charge on any atom is 0.409 e. The van der Waals surface area contributed by atoms with Crippen molar-refractivity contribution in [3.63, 3.8) is 0 Å². The summed E-state index contributed by atoms with van der Waals surface area (Å²) in [5, 5.41) is 10.1. The van der Waals surface area contributed by atoms with E-state index in [1.54, 1.807) is 0 Å². The normalized spacial score (nSPS) is 15.7. The molecule has 156 valence electrons. The lowest BCUT2D eigenvalue weighted by Crippen LogP contribution is -2.24. The minimum Gasteiger partial charge on any atom is -0.480 e. The molecule has 30 heavy (non-hydrogen) atoms. The third-order valence-electron chi connectivity index (χ3n) is 4.57. The lowest BCUT2D eigenvalue weighted by molar-refractivity contribution is -0.165. The summed E-state index contributed by atoms with van der Waals surface area (Å²) in [7, 11) is 1.28. The Morgan fingerprint density at radius 1 is 1.30 bits per heavy atom. The number of ether oxygens (including phenoxy) is 1. The van der Waals surface area contributed by atoms with Crippen molar-refractivity contribution in [2.24, 2.45) is 0 Å². The maximum absolute atomic E-state index is 13.5. The van der Waals surface area contributed by atoms with E-state index in [2.05, 4.69) is 25.5 Å². The van der Waals surface area contributed by atoms with Gasteiger partial charge in [-0.15, -0.1) is 10.2 Å². The number of hydrogen-bond donors (Lipinski definition) is 1. The average molecular weight is 422 g/mol. The van der Waals surface area contributed by atoms with Crippen molar-refractivity contribution in [3.05, 3.63) is 47.7 Å². The number of methoxy groups -OCH3 is 1. The summed E-state index contributed by atoms with van der Waals surface area (Å²) in [5.41, 5.74) is -0.0581. The smallest absolute Gasteiger partial charge is 0.409 e. The zero-order valence-electron chi connectivity index (χ0n) is 15.4. The zero-order chi connectivity index (χ0) is 21.5. The van der Waals surface area contributed by atoms with Crippen LogP contribution in [0, 0.1) is 5.82 Å². The van der Waals surface area contributed by atoms with Gasteiger partial charge in [-0.3, -0.25) is 9.36 Å². The zero-order valence-corrected chi connectivity index (χ0v) is 15.4. The highest BCUT2D eigenvalue weighted by Gasteiger charge is 2.46. The van der Waals surface area contributed by atoms with Gasteiger partial charge in [0.15, 0.2) is 5.82 Å². The quantitative estimate of drug-likeness (QED) is 0.649. The summed E-state index contributed by atoms with van der Waals surface area (Å²) in [5.74, 6) is -1.37. The number of carbonyl (C=O) groups is 1. The van der Waals surface area contributed by atoms with E-state index in [9.17, 15) is 22.4 Å². The number of nitrogens with zero attached hydrogens (tertiary/aromatic N) is 5. The molecule has 1 atom stereocenters. The molecule has 0 aliphatic carbocycles. The first-order valence-electron chi connectivity index (χ1n) is 8.76. The van der Waals surface area contributed by atoms with Crippen LogP contribution in [0.2, 0.25) is 0 Å². The maximum atomic E-state index is 13.5. The van der Waals surface area contributed by atoms with E-state index in [4.69, 9.17) is 4.74 Å². The van der Waals surface area contributed by atoms with Gasteiger partial charge in [0.05, 0.1) is 13.3 Å². The van der Waals surface area contributed by atoms with Crippen molar-refractivity contribution in [1.82, 2.24) is 24.7 Å². The number of hydrogen-bond acceptors (Lipinski definition) is 6. The number of alkyl halides is 3. The van der Waals surface area contributed by atoms with Crippen molar-refractivity contribution in [2.75, 3.05) is 12.4 Å². The molecule has 12 heteroatoms. The Bertz CT molecular complexity index is 1110. The highest BCUT2D eigenvalue weighted by atomic mass is 19.4. The lowest BCUT2D eigenvalue weighted by Gasteiger charge is -2.18. The first-order chi connectivity index (χ1) is 14.3. The van der Waals surface area contributed by atoms with Crippen molar-refractivity contribution >= 4 is 11.7 Å². The summed E-state index contributed by atoms with van der Waals surface area (Å²) < 4.78 is 59.5. The second kappa shape index (κ2) is 7.35. The third-order valence-corrected chi connectivity index (χ3v) is 4.57. The minimum atomic E-state index is -4.45. The van der Waals surface area contributed by atoms with E-state index in [0.29, 0.717) is 0 Å². The third kappa shape index (κ3) is 3.55. The van der Waals surface area contributed by atoms with Gasteiger partial charge in [0.1, 0.15) is 34.8 Å². The second-order valence-electron chi connectivity index (χ2n) is 6.48. The fraction of sp³-hybridized carbons (Fsp3) is 0.278. The lowest BCUT2D eigenvalue weighted by atomic mass is 10.2. The standard InChI is InChI=1S/C18H14F4N6O2/c1-30-17-10(7-9(19)8-23-17)16(29)25-13-4-2-3-11(24-13)15-27-26-14-6-5-12(28(14)15)18(20,21)22/h2-4,7-8,12H,5-6H2,1H3,(H,24,25,29)/t12-/m0/s1. The molecule has 0 bridgehead atoms. The number of pyridine rings is 2. The van der Waals surface area contributed by atoms with Crippen LogP contribution < -0.4 is 10.1 Å². The van der Waals surface area contributed by atoms with Crippen LogP contribution >= 0.6 is 0 Å². The van der Waals surface area contributed by atoms with Crippen LogP contribution in [0.25, 0.3) is 11.5 Å². The Labute approximate surface area is 166 Å². The molecule has 8 nitrogen and oxygen atoms in total. The average Bonchev–Trinajstić information content (AvgIpc) is 3.29. The van der Waals surface area contributed by atoms with E-state index in [-0.39, 0.29) is 47.4 Å². The molecule has 0 spiro atoms. The van der Waals surface area contributed by atoms with Gasteiger partial charge < -0.3 is 10.1 Å². The Balaban J connectivity index is 1.64. The van der Waals surface area contributed by atoms with Crippen molar-refractivity contribution in [2.45, 2.75) is 25.1 Å². The highest BCUT2D eigenvalue weighted by Crippen LogP contribution is 2.41. The van der Waals surface area contributed by atoms with Crippen molar-refractivity contribution in [1.29, 1.82) is 0 Å². The Morgan fingerprint density at radius 2 is 2.10 bits per heavy atom. The summed E-state index contributed by atoms with van der Waals surface area (Å²) in [4.78, 5) is 20.4. The Morgan fingerprint density at radius 3 is 2.83 bits per heavy atom. The fourth-order valence-corrected chi connectivity index (χ4v) is 3.27. The Kier molecular flexibility index (Phi) is 4.84. The summed E-state index contributed by atoms with van der Waals surface area (Å²) >= 11 is 0. The molecule has 1 aliphatic rings. The van der Waals surface area contributed by atoms with Crippen LogP contribution in [0.4, 0.5) is 23.4 Å². The molecule has 0 saturated heterocycles. The molecular weight excluding hydrogens is 408 g/mol. The molecule has 0 saturated carbocycles. The van der Waals surface area contributed by atoms with E-state index in [0.717, 1.165) is 16.8 Å². The number of carbonyl (C=O) groups excluding carboxylic acids is 1. The predicted octanol–water partition coefficient (Wildman–Crippen LogP) is 3.18. The van der Waals surface area contributed by atoms with E-state index in [1.165, 1.54) is 25.3 Å². The number of nitrogens with one attached hydrogen (secondary N) is 1. The fourth-order valence-electron chi connectivity index (χ4n) is 3.27. The van der Waals surface area contributed by atoms with Gasteiger partial charge in [-0.2, -0.15) is 13.2 Å². The van der Waals surface area contributed by atoms with Crippen LogP contribution in [0.1, 0.15) is 28.6 Å². The van der Waals surface area contributed by atoms with Gasteiger partial charge in [-0.1, -0.05) is 6.07 Å². The first kappa shape index (κ1) is 19.7. The van der Waals surface area contributed by atoms with E-state index < -0.39 is 23.9 Å². The number of aryl methyl sites for hydroxylation is 1. The minimum absolute atomic E-state index is 0.0303. The van der Waals surface area contributed by atoms with E-state index >= 15 is 0 Å². The van der Waals surface area contributed by atoms with Gasteiger partial charge in [-0.25, -0.2) is 14.4 Å². The molecule has 1 N–H and O–H groups in total. The van der Waals surface area contributed by atoms with Crippen molar-refractivity contribution < 1.29 is 27.1 Å². The largest absolute Gasteiger partial charge is 0.480 e. The van der Waals surface area contributed by atoms with Crippen molar-refractivity contribution in [3.8, 4) is 17.4 Å². The molecule has 3 aromatic rings. The highest BCUT2D eigenvalue weighted by molar-refractivity contribution is 6.05. The number of amides is 1. The van der Waals surface area contributed by atoms with Gasteiger partial charge in [0.25, 0.3) is 5.91 Å².